The van der Waals surface area contributed by atoms with Crippen molar-refractivity contribution < 1.29 is 9.90 Å². The Morgan fingerprint density at radius 2 is 2.38 bits per heavy atom. The number of aliphatic hydroxyl groups excluding tert-OH is 1. The fourth-order valence-corrected chi connectivity index (χ4v) is 2.58. The number of urea groups is 1. The van der Waals surface area contributed by atoms with Gasteiger partial charge in [0.25, 0.3) is 0 Å². The van der Waals surface area contributed by atoms with Crippen LogP contribution in [0.2, 0.25) is 0 Å². The molecule has 0 saturated heterocycles. The quantitative estimate of drug-likeness (QED) is 0.780. The molecule has 4 nitrogen and oxygen atoms in total. The molecule has 2 amide bonds. The number of aliphatic hydroxyl groups is 1. The van der Waals surface area contributed by atoms with Gasteiger partial charge in [-0.25, -0.2) is 4.79 Å². The second-order valence-corrected chi connectivity index (χ2v) is 5.99. The highest BCUT2D eigenvalue weighted by atomic mass is 79.9. The number of amides is 2. The van der Waals surface area contributed by atoms with Gasteiger partial charge in [0.15, 0.2) is 0 Å². The molecule has 3 N–H and O–H groups in total. The summed E-state index contributed by atoms with van der Waals surface area (Å²) in [5, 5.41) is 14.2. The van der Waals surface area contributed by atoms with Crippen molar-refractivity contribution in [2.24, 2.45) is 0 Å². The number of halogens is 1. The van der Waals surface area contributed by atoms with Crippen LogP contribution >= 0.6 is 27.3 Å². The lowest BCUT2D eigenvalue weighted by Gasteiger charge is -2.12. The van der Waals surface area contributed by atoms with E-state index in [0.29, 0.717) is 13.0 Å². The van der Waals surface area contributed by atoms with Gasteiger partial charge >= 0.3 is 6.03 Å². The second-order valence-electron chi connectivity index (χ2n) is 3.45. The topological polar surface area (TPSA) is 61.4 Å². The molecular formula is C10H15BrN2O2S. The fraction of sp³-hybridized carbons (Fsp3) is 0.500. The molecule has 1 aromatic rings. The van der Waals surface area contributed by atoms with Crippen LogP contribution in [0.3, 0.4) is 0 Å². The van der Waals surface area contributed by atoms with Gasteiger partial charge in [0.1, 0.15) is 0 Å². The zero-order valence-electron chi connectivity index (χ0n) is 9.00. The zero-order valence-corrected chi connectivity index (χ0v) is 11.4. The summed E-state index contributed by atoms with van der Waals surface area (Å²) in [5.41, 5.74) is 0. The summed E-state index contributed by atoms with van der Waals surface area (Å²) in [6.45, 7) is 2.46. The van der Waals surface area contributed by atoms with Crippen molar-refractivity contribution in [1.29, 1.82) is 0 Å². The van der Waals surface area contributed by atoms with Crippen LogP contribution in [0, 0.1) is 0 Å². The summed E-state index contributed by atoms with van der Waals surface area (Å²) in [6, 6.07) is 3.70. The molecule has 0 radical (unpaired) electrons. The number of carbonyl (C=O) groups excluding carboxylic acids is 1. The summed E-state index contributed by atoms with van der Waals surface area (Å²) in [5.74, 6) is 0. The second kappa shape index (κ2) is 6.88. The fourth-order valence-electron chi connectivity index (χ4n) is 1.15. The van der Waals surface area contributed by atoms with E-state index in [9.17, 15) is 4.79 Å². The Balaban J connectivity index is 2.25. The Hall–Kier alpha value is -0.590. The van der Waals surface area contributed by atoms with Crippen LogP contribution < -0.4 is 10.6 Å². The van der Waals surface area contributed by atoms with E-state index >= 15 is 0 Å². The van der Waals surface area contributed by atoms with Crippen molar-refractivity contribution in [2.75, 3.05) is 6.61 Å². The van der Waals surface area contributed by atoms with Crippen molar-refractivity contribution in [3.63, 3.8) is 0 Å². The van der Waals surface area contributed by atoms with Crippen LogP contribution in [0.1, 0.15) is 18.2 Å². The number of thiophene rings is 1. The van der Waals surface area contributed by atoms with Gasteiger partial charge in [0.05, 0.1) is 10.3 Å². The van der Waals surface area contributed by atoms with Crippen LogP contribution in [0.4, 0.5) is 4.79 Å². The first-order chi connectivity index (χ1) is 7.61. The van der Waals surface area contributed by atoms with Gasteiger partial charge in [0, 0.05) is 17.5 Å². The zero-order chi connectivity index (χ0) is 12.0. The molecule has 0 unspecified atom stereocenters. The molecule has 1 atom stereocenters. The lowest BCUT2D eigenvalue weighted by atomic mass is 10.2. The lowest BCUT2D eigenvalue weighted by Crippen LogP contribution is -2.40. The maximum atomic E-state index is 11.4. The maximum absolute atomic E-state index is 11.4. The minimum Gasteiger partial charge on any atom is -0.396 e. The van der Waals surface area contributed by atoms with E-state index in [1.807, 2.05) is 19.1 Å². The molecule has 0 aliphatic carbocycles. The largest absolute Gasteiger partial charge is 0.396 e. The molecule has 0 aromatic carbocycles. The van der Waals surface area contributed by atoms with Gasteiger partial charge in [-0.2, -0.15) is 0 Å². The molecule has 6 heteroatoms. The molecule has 0 aliphatic heterocycles. The molecule has 1 rings (SSSR count). The highest BCUT2D eigenvalue weighted by Crippen LogP contribution is 2.21. The van der Waals surface area contributed by atoms with E-state index in [2.05, 4.69) is 26.6 Å². The summed E-state index contributed by atoms with van der Waals surface area (Å²) >= 11 is 4.96. The Labute approximate surface area is 107 Å². The summed E-state index contributed by atoms with van der Waals surface area (Å²) in [4.78, 5) is 12.5. The Morgan fingerprint density at radius 1 is 1.62 bits per heavy atom. The van der Waals surface area contributed by atoms with Crippen molar-refractivity contribution >= 4 is 33.3 Å². The smallest absolute Gasteiger partial charge is 0.315 e. The third-order valence-electron chi connectivity index (χ3n) is 1.99. The van der Waals surface area contributed by atoms with Gasteiger partial charge in [-0.1, -0.05) is 0 Å². The molecule has 90 valence electrons. The third kappa shape index (κ3) is 4.96. The van der Waals surface area contributed by atoms with E-state index in [-0.39, 0.29) is 18.7 Å². The summed E-state index contributed by atoms with van der Waals surface area (Å²) in [6.07, 6.45) is 0.567. The first kappa shape index (κ1) is 13.5. The van der Waals surface area contributed by atoms with Crippen molar-refractivity contribution in [2.45, 2.75) is 25.9 Å². The number of hydrogen-bond donors (Lipinski definition) is 3. The monoisotopic (exact) mass is 306 g/mol. The molecule has 1 heterocycles. The van der Waals surface area contributed by atoms with Crippen LogP contribution in [-0.2, 0) is 6.54 Å². The molecule has 16 heavy (non-hydrogen) atoms. The normalized spacial score (nSPS) is 12.2. The molecule has 0 spiro atoms. The van der Waals surface area contributed by atoms with Crippen LogP contribution in [0.5, 0.6) is 0 Å². The van der Waals surface area contributed by atoms with E-state index in [0.717, 1.165) is 8.66 Å². The average molecular weight is 307 g/mol. The van der Waals surface area contributed by atoms with Crippen molar-refractivity contribution in [1.82, 2.24) is 10.6 Å². The van der Waals surface area contributed by atoms with Gasteiger partial charge in [-0.3, -0.25) is 0 Å². The molecular weight excluding hydrogens is 292 g/mol. The van der Waals surface area contributed by atoms with E-state index in [1.165, 1.54) is 0 Å². The van der Waals surface area contributed by atoms with Crippen LogP contribution in [0.15, 0.2) is 15.9 Å². The molecule has 0 aliphatic rings. The number of hydrogen-bond acceptors (Lipinski definition) is 3. The van der Waals surface area contributed by atoms with Gasteiger partial charge in [0.2, 0.25) is 0 Å². The highest BCUT2D eigenvalue weighted by Gasteiger charge is 2.06. The molecule has 0 bridgehead atoms. The van der Waals surface area contributed by atoms with Gasteiger partial charge in [-0.05, 0) is 41.4 Å². The van der Waals surface area contributed by atoms with Gasteiger partial charge in [-0.15, -0.1) is 11.3 Å². The highest BCUT2D eigenvalue weighted by molar-refractivity contribution is 9.11. The van der Waals surface area contributed by atoms with E-state index in [1.54, 1.807) is 11.3 Å². The average Bonchev–Trinajstić information content (AvgIpc) is 2.61. The Kier molecular flexibility index (Phi) is 5.79. The number of rotatable bonds is 5. The van der Waals surface area contributed by atoms with Gasteiger partial charge < -0.3 is 15.7 Å². The predicted octanol–water partition coefficient (Wildman–Crippen LogP) is 2.08. The summed E-state index contributed by atoms with van der Waals surface area (Å²) < 4.78 is 1.05. The Morgan fingerprint density at radius 3 is 2.94 bits per heavy atom. The SMILES string of the molecule is C[C@H](CCO)NC(=O)NCc1ccc(Br)s1. The van der Waals surface area contributed by atoms with E-state index < -0.39 is 0 Å². The molecule has 0 fully saturated rings. The number of nitrogens with one attached hydrogen (secondary N) is 2. The minimum atomic E-state index is -0.203. The van der Waals surface area contributed by atoms with E-state index in [4.69, 9.17) is 5.11 Å². The Bertz CT molecular complexity index is 343. The standard InChI is InChI=1S/C10H15BrN2O2S/c1-7(4-5-14)13-10(15)12-6-8-2-3-9(11)16-8/h2-3,7,14H,4-6H2,1H3,(H2,12,13,15)/t7-/m1/s1. The van der Waals surface area contributed by atoms with Crippen molar-refractivity contribution in [3.05, 3.63) is 20.8 Å². The first-order valence-corrected chi connectivity index (χ1v) is 6.62. The third-order valence-corrected chi connectivity index (χ3v) is 3.62. The first-order valence-electron chi connectivity index (χ1n) is 5.01. The maximum Gasteiger partial charge on any atom is 0.315 e. The van der Waals surface area contributed by atoms with Crippen LogP contribution in [0.25, 0.3) is 0 Å². The van der Waals surface area contributed by atoms with Crippen molar-refractivity contribution in [3.8, 4) is 0 Å². The number of carbonyl (C=O) groups is 1. The summed E-state index contributed by atoms with van der Waals surface area (Å²) in [7, 11) is 0. The van der Waals surface area contributed by atoms with Crippen LogP contribution in [-0.4, -0.2) is 23.8 Å². The predicted molar refractivity (Wildman–Crippen MR) is 68.6 cm³/mol. The minimum absolute atomic E-state index is 0.0138. The lowest BCUT2D eigenvalue weighted by molar-refractivity contribution is 0.231. The molecule has 1 aromatic heterocycles. The molecule has 0 saturated carbocycles.